The Morgan fingerprint density at radius 1 is 1.27 bits per heavy atom. The molecule has 1 amide bonds. The van der Waals surface area contributed by atoms with E-state index in [4.69, 9.17) is 11.6 Å². The summed E-state index contributed by atoms with van der Waals surface area (Å²) in [4.78, 5) is 18.1. The van der Waals surface area contributed by atoms with Crippen LogP contribution in [-0.4, -0.2) is 30.5 Å². The molecule has 0 atom stereocenters. The zero-order valence-corrected chi connectivity index (χ0v) is 13.4. The Morgan fingerprint density at radius 2 is 2.05 bits per heavy atom. The maximum atomic E-state index is 12.0. The summed E-state index contributed by atoms with van der Waals surface area (Å²) in [5.41, 5.74) is 1.74. The molecule has 0 spiro atoms. The fraction of sp³-hybridized carbons (Fsp3) is 0.294. The molecule has 2 aromatic rings. The lowest BCUT2D eigenvalue weighted by molar-refractivity contribution is 0.0953. The van der Waals surface area contributed by atoms with Crippen LogP contribution in [0.5, 0.6) is 0 Å². The molecular formula is C17H20ClN3O. The van der Waals surface area contributed by atoms with Gasteiger partial charge in [-0.2, -0.15) is 0 Å². The Kier molecular flexibility index (Phi) is 6.22. The van der Waals surface area contributed by atoms with Crippen LogP contribution in [0.1, 0.15) is 23.7 Å². The lowest BCUT2D eigenvalue weighted by Crippen LogP contribution is -2.30. The van der Waals surface area contributed by atoms with Crippen LogP contribution in [0.4, 0.5) is 5.69 Å². The molecule has 1 aromatic carbocycles. The predicted octanol–water partition coefficient (Wildman–Crippen LogP) is 3.38. The first-order chi connectivity index (χ1) is 10.7. The maximum Gasteiger partial charge on any atom is 0.251 e. The van der Waals surface area contributed by atoms with E-state index in [2.05, 4.69) is 34.3 Å². The fourth-order valence-corrected chi connectivity index (χ4v) is 2.40. The molecule has 5 heteroatoms. The van der Waals surface area contributed by atoms with Crippen molar-refractivity contribution >= 4 is 23.2 Å². The second kappa shape index (κ2) is 8.39. The van der Waals surface area contributed by atoms with Crippen LogP contribution in [-0.2, 0) is 0 Å². The smallest absolute Gasteiger partial charge is 0.251 e. The third kappa shape index (κ3) is 4.74. The lowest BCUT2D eigenvalue weighted by Gasteiger charge is -2.23. The van der Waals surface area contributed by atoms with Crippen LogP contribution < -0.4 is 10.2 Å². The maximum absolute atomic E-state index is 12.0. The molecule has 0 aliphatic rings. The lowest BCUT2D eigenvalue weighted by atomic mass is 10.2. The first kappa shape index (κ1) is 16.3. The minimum Gasteiger partial charge on any atom is -0.372 e. The van der Waals surface area contributed by atoms with E-state index < -0.39 is 0 Å². The van der Waals surface area contributed by atoms with Crippen LogP contribution in [0.3, 0.4) is 0 Å². The molecule has 0 aliphatic carbocycles. The fourth-order valence-electron chi connectivity index (χ4n) is 2.23. The molecule has 1 heterocycles. The second-order valence-corrected chi connectivity index (χ2v) is 5.28. The van der Waals surface area contributed by atoms with Gasteiger partial charge in [0, 0.05) is 37.1 Å². The van der Waals surface area contributed by atoms with Gasteiger partial charge in [-0.15, -0.1) is 0 Å². The first-order valence-corrected chi connectivity index (χ1v) is 7.78. The molecule has 0 saturated heterocycles. The number of aromatic nitrogens is 1. The van der Waals surface area contributed by atoms with Gasteiger partial charge in [-0.25, -0.2) is 4.98 Å². The molecule has 22 heavy (non-hydrogen) atoms. The van der Waals surface area contributed by atoms with E-state index in [1.165, 1.54) is 11.9 Å². The number of nitrogens with zero attached hydrogens (tertiary/aromatic N) is 2. The minimum atomic E-state index is -0.118. The molecule has 0 bridgehead atoms. The number of nitrogens with one attached hydrogen (secondary N) is 1. The van der Waals surface area contributed by atoms with Crippen molar-refractivity contribution in [2.24, 2.45) is 0 Å². The Hall–Kier alpha value is -2.07. The van der Waals surface area contributed by atoms with Gasteiger partial charge in [0.05, 0.1) is 0 Å². The molecule has 0 radical (unpaired) electrons. The average molecular weight is 318 g/mol. The van der Waals surface area contributed by atoms with Crippen molar-refractivity contribution in [1.29, 1.82) is 0 Å². The SMILES string of the molecule is CCN(CCCNC(=O)c1ccnc(Cl)c1)c1ccccc1. The van der Waals surface area contributed by atoms with Gasteiger partial charge in [-0.05, 0) is 37.6 Å². The molecule has 0 fully saturated rings. The van der Waals surface area contributed by atoms with Crippen molar-refractivity contribution in [3.63, 3.8) is 0 Å². The van der Waals surface area contributed by atoms with Gasteiger partial charge in [-0.3, -0.25) is 4.79 Å². The summed E-state index contributed by atoms with van der Waals surface area (Å²) in [5.74, 6) is -0.118. The molecule has 4 nitrogen and oxygen atoms in total. The highest BCUT2D eigenvalue weighted by Gasteiger charge is 2.07. The molecule has 0 saturated carbocycles. The van der Waals surface area contributed by atoms with E-state index in [0.29, 0.717) is 17.3 Å². The second-order valence-electron chi connectivity index (χ2n) is 4.89. The van der Waals surface area contributed by atoms with Crippen LogP contribution in [0.15, 0.2) is 48.7 Å². The summed E-state index contributed by atoms with van der Waals surface area (Å²) in [7, 11) is 0. The Balaban J connectivity index is 1.78. The summed E-state index contributed by atoms with van der Waals surface area (Å²) in [6, 6.07) is 13.5. The Morgan fingerprint density at radius 3 is 2.73 bits per heavy atom. The topological polar surface area (TPSA) is 45.2 Å². The largest absolute Gasteiger partial charge is 0.372 e. The minimum absolute atomic E-state index is 0.118. The molecule has 116 valence electrons. The van der Waals surface area contributed by atoms with E-state index in [1.54, 1.807) is 12.1 Å². The molecule has 0 unspecified atom stereocenters. The number of carbonyl (C=O) groups excluding carboxylic acids is 1. The Labute approximate surface area is 136 Å². The summed E-state index contributed by atoms with van der Waals surface area (Å²) >= 11 is 5.78. The zero-order chi connectivity index (χ0) is 15.8. The highest BCUT2D eigenvalue weighted by molar-refractivity contribution is 6.29. The number of rotatable bonds is 7. The highest BCUT2D eigenvalue weighted by atomic mass is 35.5. The van der Waals surface area contributed by atoms with Gasteiger partial charge in [0.2, 0.25) is 0 Å². The predicted molar refractivity (Wildman–Crippen MR) is 90.5 cm³/mol. The Bertz CT molecular complexity index is 604. The molecule has 1 N–H and O–H groups in total. The van der Waals surface area contributed by atoms with E-state index in [0.717, 1.165) is 19.5 Å². The van der Waals surface area contributed by atoms with Crippen LogP contribution in [0, 0.1) is 0 Å². The number of pyridine rings is 1. The van der Waals surface area contributed by atoms with Gasteiger partial charge < -0.3 is 10.2 Å². The van der Waals surface area contributed by atoms with Crippen LogP contribution in [0.2, 0.25) is 5.15 Å². The van der Waals surface area contributed by atoms with Gasteiger partial charge in [0.1, 0.15) is 5.15 Å². The van der Waals surface area contributed by atoms with Gasteiger partial charge >= 0.3 is 0 Å². The van der Waals surface area contributed by atoms with Gasteiger partial charge in [0.25, 0.3) is 5.91 Å². The normalized spacial score (nSPS) is 10.3. The number of hydrogen-bond acceptors (Lipinski definition) is 3. The number of amides is 1. The van der Waals surface area contributed by atoms with Crippen LogP contribution >= 0.6 is 11.6 Å². The molecule has 2 rings (SSSR count). The third-order valence-corrected chi connectivity index (χ3v) is 3.59. The highest BCUT2D eigenvalue weighted by Crippen LogP contribution is 2.12. The van der Waals surface area contributed by atoms with Gasteiger partial charge in [-0.1, -0.05) is 29.8 Å². The van der Waals surface area contributed by atoms with Crippen molar-refractivity contribution in [2.45, 2.75) is 13.3 Å². The summed E-state index contributed by atoms with van der Waals surface area (Å²) in [6.45, 7) is 4.60. The molecule has 0 aliphatic heterocycles. The quantitative estimate of drug-likeness (QED) is 0.629. The summed E-state index contributed by atoms with van der Waals surface area (Å²) in [5, 5.41) is 3.23. The van der Waals surface area contributed by atoms with Crippen molar-refractivity contribution in [2.75, 3.05) is 24.5 Å². The van der Waals surface area contributed by atoms with Crippen molar-refractivity contribution in [3.05, 3.63) is 59.4 Å². The molecule has 1 aromatic heterocycles. The van der Waals surface area contributed by atoms with Crippen molar-refractivity contribution < 1.29 is 4.79 Å². The zero-order valence-electron chi connectivity index (χ0n) is 12.6. The summed E-state index contributed by atoms with van der Waals surface area (Å²) in [6.07, 6.45) is 2.42. The number of anilines is 1. The number of benzene rings is 1. The molecular weight excluding hydrogens is 298 g/mol. The van der Waals surface area contributed by atoms with Crippen molar-refractivity contribution in [3.8, 4) is 0 Å². The van der Waals surface area contributed by atoms with Crippen molar-refractivity contribution in [1.82, 2.24) is 10.3 Å². The monoisotopic (exact) mass is 317 g/mol. The van der Waals surface area contributed by atoms with E-state index in [1.807, 2.05) is 18.2 Å². The van der Waals surface area contributed by atoms with E-state index in [-0.39, 0.29) is 5.91 Å². The van der Waals surface area contributed by atoms with Gasteiger partial charge in [0.15, 0.2) is 0 Å². The number of hydrogen-bond donors (Lipinski definition) is 1. The van der Waals surface area contributed by atoms with Crippen LogP contribution in [0.25, 0.3) is 0 Å². The standard InChI is InChI=1S/C17H20ClN3O/c1-2-21(15-7-4-3-5-8-15)12-6-10-20-17(22)14-9-11-19-16(18)13-14/h3-5,7-9,11,13H,2,6,10,12H2,1H3,(H,20,22). The van der Waals surface area contributed by atoms with E-state index >= 15 is 0 Å². The number of halogens is 1. The van der Waals surface area contributed by atoms with E-state index in [9.17, 15) is 4.79 Å². The number of para-hydroxylation sites is 1. The third-order valence-electron chi connectivity index (χ3n) is 3.38. The summed E-state index contributed by atoms with van der Waals surface area (Å²) < 4.78 is 0. The first-order valence-electron chi connectivity index (χ1n) is 7.40. The number of carbonyl (C=O) groups is 1. The average Bonchev–Trinajstić information content (AvgIpc) is 2.55.